The van der Waals surface area contributed by atoms with E-state index in [-0.39, 0.29) is 23.2 Å². The van der Waals surface area contributed by atoms with E-state index in [2.05, 4.69) is 60.8 Å². The first-order chi connectivity index (χ1) is 15.1. The van der Waals surface area contributed by atoms with Crippen molar-refractivity contribution in [2.45, 2.75) is 96.6 Å². The number of benzene rings is 1. The molecule has 3 rings (SSSR count). The molecule has 0 bridgehead atoms. The summed E-state index contributed by atoms with van der Waals surface area (Å²) in [6, 6.07) is 4.25. The van der Waals surface area contributed by atoms with Crippen LogP contribution < -0.4 is 4.90 Å². The van der Waals surface area contributed by atoms with Crippen LogP contribution in [0.4, 0.5) is 10.5 Å². The molecule has 2 aliphatic heterocycles. The number of fused-ring (bicyclic) bond motifs is 1. The van der Waals surface area contributed by atoms with Gasteiger partial charge in [0.2, 0.25) is 0 Å². The maximum atomic E-state index is 13.2. The Bertz CT molecular complexity index is 882. The summed E-state index contributed by atoms with van der Waals surface area (Å²) in [4.78, 5) is 17.6. The highest BCUT2D eigenvalue weighted by Crippen LogP contribution is 2.41. The van der Waals surface area contributed by atoms with Gasteiger partial charge in [-0.05, 0) is 91.8 Å². The van der Waals surface area contributed by atoms with Crippen LogP contribution in [0.1, 0.15) is 59.9 Å². The van der Waals surface area contributed by atoms with Crippen molar-refractivity contribution in [3.63, 3.8) is 0 Å². The fourth-order valence-electron chi connectivity index (χ4n) is 4.39. The predicted octanol–water partition coefficient (Wildman–Crippen LogP) is 7.25. The van der Waals surface area contributed by atoms with E-state index in [1.165, 1.54) is 11.3 Å². The monoisotopic (exact) mass is 558 g/mol. The van der Waals surface area contributed by atoms with Crippen molar-refractivity contribution in [3.8, 4) is 0 Å². The van der Waals surface area contributed by atoms with Crippen LogP contribution in [0.5, 0.6) is 0 Å². The van der Waals surface area contributed by atoms with Gasteiger partial charge < -0.3 is 19.0 Å². The third-order valence-electron chi connectivity index (χ3n) is 7.14. The summed E-state index contributed by atoms with van der Waals surface area (Å²) in [7, 11) is -1.93. The third kappa shape index (κ3) is 6.27. The average Bonchev–Trinajstić information content (AvgIpc) is 3.08. The van der Waals surface area contributed by atoms with Crippen LogP contribution in [0.2, 0.25) is 23.2 Å². The number of nitrogens with zero attached hydrogens (tertiary/aromatic N) is 2. The molecule has 0 aliphatic carbocycles. The minimum Gasteiger partial charge on any atom is -0.444 e. The maximum Gasteiger partial charge on any atom is 0.410 e. The second kappa shape index (κ2) is 9.71. The molecule has 1 fully saturated rings. The molecule has 2 atom stereocenters. The quantitative estimate of drug-likeness (QED) is 0.364. The van der Waals surface area contributed by atoms with Crippen molar-refractivity contribution < 1.29 is 14.0 Å². The van der Waals surface area contributed by atoms with Gasteiger partial charge in [-0.1, -0.05) is 32.4 Å². The van der Waals surface area contributed by atoms with Crippen molar-refractivity contribution in [3.05, 3.63) is 27.2 Å². The number of aryl methyl sites for hydroxylation is 1. The molecule has 5 nitrogen and oxygen atoms in total. The molecule has 33 heavy (non-hydrogen) atoms. The zero-order valence-corrected chi connectivity index (χ0v) is 24.8. The van der Waals surface area contributed by atoms with Gasteiger partial charge in [-0.3, -0.25) is 0 Å². The Morgan fingerprint density at radius 2 is 1.88 bits per heavy atom. The molecule has 0 radical (unpaired) electrons. The van der Waals surface area contributed by atoms with E-state index in [0.29, 0.717) is 13.2 Å². The number of likely N-dealkylation sites (tertiary alicyclic amines) is 1. The predicted molar refractivity (Wildman–Crippen MR) is 143 cm³/mol. The molecular weight excluding hydrogens is 520 g/mol. The number of carbonyl (C=O) groups excluding carboxylic acids is 1. The SMILES string of the molecule is CC(C)(C)OC(=O)N1C[C@@H](N2CCCc3cc(Cl)cc(Br)c32)C[C@H]1CO[Si](C)(C)C(C)(C)C. The van der Waals surface area contributed by atoms with Crippen LogP contribution in [-0.4, -0.2) is 56.7 Å². The summed E-state index contributed by atoms with van der Waals surface area (Å²) in [5.41, 5.74) is 1.95. The molecule has 2 aliphatic rings. The number of rotatable bonds is 4. The highest BCUT2D eigenvalue weighted by Gasteiger charge is 2.44. The van der Waals surface area contributed by atoms with Crippen LogP contribution >= 0.6 is 27.5 Å². The van der Waals surface area contributed by atoms with Crippen molar-refractivity contribution in [1.29, 1.82) is 0 Å². The van der Waals surface area contributed by atoms with Crippen LogP contribution in [0, 0.1) is 0 Å². The molecule has 1 amide bonds. The van der Waals surface area contributed by atoms with Gasteiger partial charge in [0.15, 0.2) is 8.32 Å². The first-order valence-corrected chi connectivity index (χ1v) is 16.0. The van der Waals surface area contributed by atoms with E-state index in [9.17, 15) is 4.79 Å². The third-order valence-corrected chi connectivity index (χ3v) is 12.5. The van der Waals surface area contributed by atoms with Crippen LogP contribution in [0.25, 0.3) is 0 Å². The zero-order chi connectivity index (χ0) is 24.8. The molecule has 1 saturated heterocycles. The Hall–Kier alpha value is -0.763. The molecule has 0 aromatic heterocycles. The smallest absolute Gasteiger partial charge is 0.410 e. The fraction of sp³-hybridized carbons (Fsp3) is 0.720. The molecule has 0 N–H and O–H groups in total. The van der Waals surface area contributed by atoms with E-state index >= 15 is 0 Å². The van der Waals surface area contributed by atoms with E-state index < -0.39 is 13.9 Å². The number of halogens is 2. The number of anilines is 1. The minimum absolute atomic E-state index is 0.00423. The van der Waals surface area contributed by atoms with E-state index in [4.69, 9.17) is 20.8 Å². The Morgan fingerprint density at radius 1 is 1.21 bits per heavy atom. The van der Waals surface area contributed by atoms with E-state index in [1.807, 2.05) is 31.7 Å². The van der Waals surface area contributed by atoms with Crippen LogP contribution in [0.3, 0.4) is 0 Å². The van der Waals surface area contributed by atoms with Gasteiger partial charge in [0, 0.05) is 28.6 Å². The largest absolute Gasteiger partial charge is 0.444 e. The van der Waals surface area contributed by atoms with Gasteiger partial charge in [-0.25, -0.2) is 4.79 Å². The first-order valence-electron chi connectivity index (χ1n) is 12.0. The number of hydrogen-bond acceptors (Lipinski definition) is 4. The Balaban J connectivity index is 1.85. The van der Waals surface area contributed by atoms with Crippen molar-refractivity contribution in [2.75, 3.05) is 24.6 Å². The molecule has 0 unspecified atom stereocenters. The summed E-state index contributed by atoms with van der Waals surface area (Å²) < 4.78 is 13.4. The van der Waals surface area contributed by atoms with Gasteiger partial charge in [0.1, 0.15) is 5.60 Å². The lowest BCUT2D eigenvalue weighted by molar-refractivity contribution is 0.0180. The number of ether oxygens (including phenoxy) is 1. The standard InChI is InChI=1S/C25H40BrClN2O3Si/c1-24(2,3)32-23(30)29-15-19(14-20(29)16-31-33(7,8)25(4,5)6)28-11-9-10-17-12-18(27)13-21(26)22(17)28/h12-13,19-20H,9-11,14-16H2,1-8H3/t19-,20-/m0/s1. The van der Waals surface area contributed by atoms with Gasteiger partial charge in [-0.15, -0.1) is 0 Å². The number of hydrogen-bond donors (Lipinski definition) is 0. The molecule has 1 aromatic rings. The Morgan fingerprint density at radius 3 is 2.48 bits per heavy atom. The Kier molecular flexibility index (Phi) is 7.89. The normalized spacial score (nSPS) is 21.9. The molecule has 0 spiro atoms. The fourth-order valence-corrected chi connectivity index (χ4v) is 6.53. The minimum atomic E-state index is -1.93. The maximum absolute atomic E-state index is 13.2. The highest BCUT2D eigenvalue weighted by atomic mass is 79.9. The summed E-state index contributed by atoms with van der Waals surface area (Å²) >= 11 is 10.1. The van der Waals surface area contributed by atoms with E-state index in [1.54, 1.807) is 0 Å². The summed E-state index contributed by atoms with van der Waals surface area (Å²) in [6.07, 6.45) is 2.71. The van der Waals surface area contributed by atoms with Crippen molar-refractivity contribution in [2.24, 2.45) is 0 Å². The Labute approximate surface area is 214 Å². The average molecular weight is 560 g/mol. The van der Waals surface area contributed by atoms with Gasteiger partial charge in [0.05, 0.1) is 18.3 Å². The molecule has 186 valence electrons. The lowest BCUT2D eigenvalue weighted by Crippen LogP contribution is -2.47. The van der Waals surface area contributed by atoms with Gasteiger partial charge in [-0.2, -0.15) is 0 Å². The van der Waals surface area contributed by atoms with Crippen LogP contribution in [-0.2, 0) is 15.6 Å². The second-order valence-electron chi connectivity index (χ2n) is 11.9. The molecule has 0 saturated carbocycles. The van der Waals surface area contributed by atoms with Crippen LogP contribution in [0.15, 0.2) is 16.6 Å². The van der Waals surface area contributed by atoms with Crippen molar-refractivity contribution in [1.82, 2.24) is 4.90 Å². The van der Waals surface area contributed by atoms with Gasteiger partial charge >= 0.3 is 6.09 Å². The van der Waals surface area contributed by atoms with Gasteiger partial charge in [0.25, 0.3) is 0 Å². The lowest BCUT2D eigenvalue weighted by Gasteiger charge is -2.38. The molecule has 1 aromatic carbocycles. The van der Waals surface area contributed by atoms with Crippen molar-refractivity contribution >= 4 is 47.6 Å². The number of amides is 1. The summed E-state index contributed by atoms with van der Waals surface area (Å²) in [5.74, 6) is 0. The first kappa shape index (κ1) is 26.8. The number of carbonyl (C=O) groups is 1. The summed E-state index contributed by atoms with van der Waals surface area (Å²) in [5, 5.41) is 0.877. The highest BCUT2D eigenvalue weighted by molar-refractivity contribution is 9.10. The second-order valence-corrected chi connectivity index (χ2v) is 18.0. The molecule has 8 heteroatoms. The summed E-state index contributed by atoms with van der Waals surface area (Å²) in [6.45, 7) is 19.2. The van der Waals surface area contributed by atoms with E-state index in [0.717, 1.165) is 35.3 Å². The topological polar surface area (TPSA) is 42.0 Å². The zero-order valence-electron chi connectivity index (χ0n) is 21.4. The molecular formula is C25H40BrClN2O3Si. The molecule has 2 heterocycles. The lowest BCUT2D eigenvalue weighted by atomic mass is 9.99.